The third kappa shape index (κ3) is 3.14. The van der Waals surface area contributed by atoms with E-state index in [-0.39, 0.29) is 12.6 Å². The third-order valence-corrected chi connectivity index (χ3v) is 3.32. The number of anilines is 2. The number of aromatic nitrogens is 3. The summed E-state index contributed by atoms with van der Waals surface area (Å²) in [5, 5.41) is 12.9. The standard InChI is InChI=1S/C16H17N5O2/c1-23-15-11(8-10-4-2-3-5-12(10)19-15)13-9-14(18-6-7-22)21-16(17)20-13/h2-5,8-9,22H,6-7H2,1H3,(H3,17,18,20,21). The molecule has 0 spiro atoms. The SMILES string of the molecule is COc1nc2ccccc2cc1-c1cc(NCCO)nc(N)n1. The molecule has 0 saturated heterocycles. The van der Waals surface area contributed by atoms with E-state index < -0.39 is 0 Å². The number of nitrogens with zero attached hydrogens (tertiary/aromatic N) is 3. The lowest BCUT2D eigenvalue weighted by atomic mass is 10.1. The second-order valence-electron chi connectivity index (χ2n) is 4.88. The number of para-hydroxylation sites is 1. The second kappa shape index (κ2) is 6.45. The number of hydrogen-bond acceptors (Lipinski definition) is 7. The summed E-state index contributed by atoms with van der Waals surface area (Å²) in [6.45, 7) is 0.378. The first-order chi connectivity index (χ1) is 11.2. The Morgan fingerprint density at radius 1 is 1.17 bits per heavy atom. The quantitative estimate of drug-likeness (QED) is 0.658. The van der Waals surface area contributed by atoms with E-state index >= 15 is 0 Å². The van der Waals surface area contributed by atoms with Crippen LogP contribution in [0, 0.1) is 0 Å². The third-order valence-electron chi connectivity index (χ3n) is 3.32. The van der Waals surface area contributed by atoms with Crippen molar-refractivity contribution in [3.05, 3.63) is 36.4 Å². The maximum Gasteiger partial charge on any atom is 0.223 e. The average molecular weight is 311 g/mol. The highest BCUT2D eigenvalue weighted by molar-refractivity contribution is 5.85. The van der Waals surface area contributed by atoms with Gasteiger partial charge in [-0.15, -0.1) is 0 Å². The Morgan fingerprint density at radius 2 is 2.00 bits per heavy atom. The van der Waals surface area contributed by atoms with E-state index in [1.807, 2.05) is 30.3 Å². The summed E-state index contributed by atoms with van der Waals surface area (Å²) in [5.41, 5.74) is 7.96. The van der Waals surface area contributed by atoms with Crippen molar-refractivity contribution in [2.75, 3.05) is 31.3 Å². The maximum atomic E-state index is 8.92. The number of fused-ring (bicyclic) bond motifs is 1. The highest BCUT2D eigenvalue weighted by Gasteiger charge is 2.13. The highest BCUT2D eigenvalue weighted by atomic mass is 16.5. The Bertz CT molecular complexity index is 838. The molecule has 0 radical (unpaired) electrons. The van der Waals surface area contributed by atoms with Crippen LogP contribution in [0.25, 0.3) is 22.2 Å². The Balaban J connectivity index is 2.13. The van der Waals surface area contributed by atoms with Gasteiger partial charge in [-0.1, -0.05) is 18.2 Å². The molecule has 1 aromatic carbocycles. The molecule has 7 nitrogen and oxygen atoms in total. The van der Waals surface area contributed by atoms with Crippen LogP contribution in [0.3, 0.4) is 0 Å². The minimum absolute atomic E-state index is 0.0000914. The summed E-state index contributed by atoms with van der Waals surface area (Å²) in [5.74, 6) is 1.14. The van der Waals surface area contributed by atoms with Crippen molar-refractivity contribution in [2.24, 2.45) is 0 Å². The van der Waals surface area contributed by atoms with Crippen LogP contribution in [0.2, 0.25) is 0 Å². The molecular formula is C16H17N5O2. The first-order valence-electron chi connectivity index (χ1n) is 7.14. The number of ether oxygens (including phenoxy) is 1. The largest absolute Gasteiger partial charge is 0.480 e. The van der Waals surface area contributed by atoms with Gasteiger partial charge in [-0.05, 0) is 12.1 Å². The van der Waals surface area contributed by atoms with Crippen LogP contribution >= 0.6 is 0 Å². The van der Waals surface area contributed by atoms with Crippen LogP contribution in [0.15, 0.2) is 36.4 Å². The van der Waals surface area contributed by atoms with E-state index in [1.54, 1.807) is 13.2 Å². The van der Waals surface area contributed by atoms with Crippen LogP contribution in [-0.2, 0) is 0 Å². The lowest BCUT2D eigenvalue weighted by Crippen LogP contribution is -2.09. The lowest BCUT2D eigenvalue weighted by Gasteiger charge is -2.11. The molecule has 0 amide bonds. The Kier molecular flexibility index (Phi) is 4.20. The van der Waals surface area contributed by atoms with Gasteiger partial charge in [0, 0.05) is 18.0 Å². The maximum absolute atomic E-state index is 8.92. The van der Waals surface area contributed by atoms with Crippen LogP contribution in [0.5, 0.6) is 5.88 Å². The fourth-order valence-electron chi connectivity index (χ4n) is 2.32. The number of nitrogens with one attached hydrogen (secondary N) is 1. The molecule has 118 valence electrons. The van der Waals surface area contributed by atoms with Crippen molar-refractivity contribution < 1.29 is 9.84 Å². The fraction of sp³-hybridized carbons (Fsp3) is 0.188. The van der Waals surface area contributed by atoms with Gasteiger partial charge in [0.1, 0.15) is 5.82 Å². The van der Waals surface area contributed by atoms with Gasteiger partial charge >= 0.3 is 0 Å². The molecule has 2 aromatic heterocycles. The van der Waals surface area contributed by atoms with Gasteiger partial charge < -0.3 is 20.9 Å². The van der Waals surface area contributed by atoms with Crippen LogP contribution in [0.4, 0.5) is 11.8 Å². The van der Waals surface area contributed by atoms with Crippen LogP contribution in [0.1, 0.15) is 0 Å². The zero-order valence-corrected chi connectivity index (χ0v) is 12.7. The molecule has 0 aliphatic carbocycles. The average Bonchev–Trinajstić information content (AvgIpc) is 2.58. The molecule has 7 heteroatoms. The highest BCUT2D eigenvalue weighted by Crippen LogP contribution is 2.31. The number of nitrogen functional groups attached to an aromatic ring is 1. The van der Waals surface area contributed by atoms with Crippen molar-refractivity contribution in [3.8, 4) is 17.1 Å². The molecule has 0 atom stereocenters. The van der Waals surface area contributed by atoms with Gasteiger partial charge in [0.2, 0.25) is 11.8 Å². The van der Waals surface area contributed by atoms with E-state index in [9.17, 15) is 0 Å². The summed E-state index contributed by atoms with van der Waals surface area (Å²) in [6, 6.07) is 11.5. The number of hydrogen-bond donors (Lipinski definition) is 3. The van der Waals surface area contributed by atoms with Crippen LogP contribution in [-0.4, -0.2) is 40.3 Å². The van der Waals surface area contributed by atoms with Gasteiger partial charge in [-0.2, -0.15) is 4.98 Å². The summed E-state index contributed by atoms with van der Waals surface area (Å²) >= 11 is 0. The molecule has 3 rings (SSSR count). The zero-order valence-electron chi connectivity index (χ0n) is 12.7. The smallest absolute Gasteiger partial charge is 0.223 e. The van der Waals surface area contributed by atoms with Gasteiger partial charge in [0.25, 0.3) is 0 Å². The lowest BCUT2D eigenvalue weighted by molar-refractivity contribution is 0.311. The predicted octanol–water partition coefficient (Wildman–Crippen LogP) is 1.69. The molecular weight excluding hydrogens is 294 g/mol. The molecule has 4 N–H and O–H groups in total. The van der Waals surface area contributed by atoms with Crippen molar-refractivity contribution in [1.82, 2.24) is 15.0 Å². The fourth-order valence-corrected chi connectivity index (χ4v) is 2.32. The number of pyridine rings is 1. The van der Waals surface area contributed by atoms with Crippen molar-refractivity contribution in [1.29, 1.82) is 0 Å². The number of benzene rings is 1. The van der Waals surface area contributed by atoms with Gasteiger partial charge in [0.15, 0.2) is 0 Å². The summed E-state index contributed by atoms with van der Waals surface area (Å²) in [6.07, 6.45) is 0. The first kappa shape index (κ1) is 15.0. The van der Waals surface area contributed by atoms with E-state index in [4.69, 9.17) is 15.6 Å². The Morgan fingerprint density at radius 3 is 2.78 bits per heavy atom. The molecule has 0 aliphatic heterocycles. The minimum atomic E-state index is 0.0000914. The number of rotatable bonds is 5. The molecule has 0 unspecified atom stereocenters. The monoisotopic (exact) mass is 311 g/mol. The number of aliphatic hydroxyl groups excluding tert-OH is 1. The first-order valence-corrected chi connectivity index (χ1v) is 7.14. The molecule has 2 heterocycles. The number of methoxy groups -OCH3 is 1. The van der Waals surface area contributed by atoms with E-state index in [0.717, 1.165) is 16.5 Å². The molecule has 0 fully saturated rings. The van der Waals surface area contributed by atoms with Gasteiger partial charge in [-0.25, -0.2) is 9.97 Å². The van der Waals surface area contributed by atoms with E-state index in [1.165, 1.54) is 0 Å². The van der Waals surface area contributed by atoms with Crippen molar-refractivity contribution >= 4 is 22.7 Å². The normalized spacial score (nSPS) is 10.7. The second-order valence-corrected chi connectivity index (χ2v) is 4.88. The summed E-state index contributed by atoms with van der Waals surface area (Å²) < 4.78 is 5.40. The topological polar surface area (TPSA) is 106 Å². The minimum Gasteiger partial charge on any atom is -0.480 e. The molecule has 3 aromatic rings. The Labute approximate surface area is 133 Å². The van der Waals surface area contributed by atoms with E-state index in [2.05, 4.69) is 20.3 Å². The van der Waals surface area contributed by atoms with E-state index in [0.29, 0.717) is 23.9 Å². The number of nitrogens with two attached hydrogens (primary N) is 1. The summed E-state index contributed by atoms with van der Waals surface area (Å²) in [7, 11) is 1.57. The van der Waals surface area contributed by atoms with Crippen molar-refractivity contribution in [3.63, 3.8) is 0 Å². The summed E-state index contributed by atoms with van der Waals surface area (Å²) in [4.78, 5) is 12.9. The molecule has 0 saturated carbocycles. The number of aliphatic hydroxyl groups is 1. The predicted molar refractivity (Wildman–Crippen MR) is 89.3 cm³/mol. The zero-order chi connectivity index (χ0) is 16.2. The van der Waals surface area contributed by atoms with Crippen molar-refractivity contribution in [2.45, 2.75) is 0 Å². The molecule has 0 aliphatic rings. The molecule has 0 bridgehead atoms. The molecule has 23 heavy (non-hydrogen) atoms. The van der Waals surface area contributed by atoms with Gasteiger partial charge in [0.05, 0.1) is 30.5 Å². The Hall–Kier alpha value is -2.93. The van der Waals surface area contributed by atoms with Gasteiger partial charge in [-0.3, -0.25) is 0 Å². The van der Waals surface area contributed by atoms with Crippen LogP contribution < -0.4 is 15.8 Å².